The molecule has 0 aliphatic heterocycles. The second kappa shape index (κ2) is 5.78. The Balaban J connectivity index is 2.10. The van der Waals surface area contributed by atoms with Gasteiger partial charge in [0.25, 0.3) is 5.91 Å². The van der Waals surface area contributed by atoms with Crippen LogP contribution in [-0.4, -0.2) is 11.9 Å². The molecule has 0 bridgehead atoms. The normalized spacial score (nSPS) is 27.2. The highest BCUT2D eigenvalue weighted by Crippen LogP contribution is 2.31. The van der Waals surface area contributed by atoms with Crippen molar-refractivity contribution in [3.05, 3.63) is 32.4 Å². The van der Waals surface area contributed by atoms with Crippen LogP contribution >= 0.6 is 34.2 Å². The minimum atomic E-state index is -0.00662. The van der Waals surface area contributed by atoms with E-state index in [0.29, 0.717) is 28.5 Å². The van der Waals surface area contributed by atoms with Gasteiger partial charge in [-0.05, 0) is 65.5 Å². The van der Waals surface area contributed by atoms with Crippen LogP contribution in [0.4, 0.5) is 0 Å². The molecule has 18 heavy (non-hydrogen) atoms. The largest absolute Gasteiger partial charge is 0.349 e. The number of nitrogens with one attached hydrogen (secondary N) is 1. The summed E-state index contributed by atoms with van der Waals surface area (Å²) < 4.78 is 0.938. The number of carbonyl (C=O) groups excluding carboxylic acids is 1. The zero-order valence-corrected chi connectivity index (χ0v) is 13.5. The molecule has 1 N–H and O–H groups in total. The molecule has 0 aromatic heterocycles. The highest BCUT2D eigenvalue weighted by atomic mass is 127. The first-order valence-electron chi connectivity index (χ1n) is 6.25. The SMILES string of the molecule is CC1CCC(NC(=O)c2cc(Cl)ccc2I)C1C. The van der Waals surface area contributed by atoms with Crippen molar-refractivity contribution in [1.29, 1.82) is 0 Å². The van der Waals surface area contributed by atoms with E-state index in [-0.39, 0.29) is 5.91 Å². The van der Waals surface area contributed by atoms with Crippen molar-refractivity contribution in [3.63, 3.8) is 0 Å². The maximum Gasteiger partial charge on any atom is 0.252 e. The summed E-state index contributed by atoms with van der Waals surface area (Å²) in [4.78, 5) is 12.3. The average molecular weight is 378 g/mol. The Labute approximate surface area is 127 Å². The van der Waals surface area contributed by atoms with Crippen molar-refractivity contribution in [2.24, 2.45) is 11.8 Å². The van der Waals surface area contributed by atoms with Gasteiger partial charge < -0.3 is 5.32 Å². The molecule has 0 saturated heterocycles. The summed E-state index contributed by atoms with van der Waals surface area (Å²) in [5.41, 5.74) is 0.676. The predicted molar refractivity (Wildman–Crippen MR) is 83.0 cm³/mol. The van der Waals surface area contributed by atoms with E-state index in [2.05, 4.69) is 41.8 Å². The third-order valence-electron chi connectivity index (χ3n) is 3.95. The van der Waals surface area contributed by atoms with Crippen molar-refractivity contribution >= 4 is 40.1 Å². The van der Waals surface area contributed by atoms with Crippen molar-refractivity contribution < 1.29 is 4.79 Å². The third kappa shape index (κ3) is 2.99. The maximum absolute atomic E-state index is 12.3. The highest BCUT2D eigenvalue weighted by molar-refractivity contribution is 14.1. The summed E-state index contributed by atoms with van der Waals surface area (Å²) >= 11 is 8.11. The molecule has 3 unspecified atom stereocenters. The molecule has 2 rings (SSSR count). The second-order valence-corrected chi connectivity index (χ2v) is 6.72. The molecule has 4 heteroatoms. The van der Waals surface area contributed by atoms with Gasteiger partial charge in [0.15, 0.2) is 0 Å². The van der Waals surface area contributed by atoms with E-state index in [1.807, 2.05) is 6.07 Å². The Morgan fingerprint density at radius 3 is 2.72 bits per heavy atom. The molecule has 1 aromatic carbocycles. The standard InChI is InChI=1S/C14H17ClINO/c1-8-3-6-13(9(8)2)17-14(18)11-7-10(15)4-5-12(11)16/h4-5,7-9,13H,3,6H2,1-2H3,(H,17,18). The molecule has 1 aromatic rings. The van der Waals surface area contributed by atoms with Crippen LogP contribution in [0.1, 0.15) is 37.0 Å². The summed E-state index contributed by atoms with van der Waals surface area (Å²) in [5, 5.41) is 3.75. The molecule has 0 spiro atoms. The van der Waals surface area contributed by atoms with E-state index in [1.165, 1.54) is 6.42 Å². The van der Waals surface area contributed by atoms with Gasteiger partial charge in [0.05, 0.1) is 5.56 Å². The topological polar surface area (TPSA) is 29.1 Å². The van der Waals surface area contributed by atoms with Crippen LogP contribution in [0.15, 0.2) is 18.2 Å². The third-order valence-corrected chi connectivity index (χ3v) is 5.13. The lowest BCUT2D eigenvalue weighted by Gasteiger charge is -2.20. The average Bonchev–Trinajstić information content (AvgIpc) is 2.64. The molecule has 1 amide bonds. The number of hydrogen-bond donors (Lipinski definition) is 1. The van der Waals surface area contributed by atoms with Crippen molar-refractivity contribution in [2.45, 2.75) is 32.7 Å². The molecule has 0 heterocycles. The van der Waals surface area contributed by atoms with E-state index in [0.717, 1.165) is 9.99 Å². The Kier molecular flexibility index (Phi) is 4.54. The molecule has 1 fully saturated rings. The molecular formula is C14H17ClINO. The number of hydrogen-bond acceptors (Lipinski definition) is 1. The summed E-state index contributed by atoms with van der Waals surface area (Å²) in [7, 11) is 0. The molecule has 1 aliphatic rings. The van der Waals surface area contributed by atoms with E-state index >= 15 is 0 Å². The molecule has 3 atom stereocenters. The Morgan fingerprint density at radius 1 is 1.39 bits per heavy atom. The first-order valence-corrected chi connectivity index (χ1v) is 7.70. The number of rotatable bonds is 2. The fourth-order valence-electron chi connectivity index (χ4n) is 2.49. The Hall–Kier alpha value is -0.290. The van der Waals surface area contributed by atoms with Crippen LogP contribution in [0.25, 0.3) is 0 Å². The maximum atomic E-state index is 12.3. The first-order chi connectivity index (χ1) is 8.49. The van der Waals surface area contributed by atoms with Gasteiger partial charge >= 0.3 is 0 Å². The lowest BCUT2D eigenvalue weighted by molar-refractivity contribution is 0.0926. The van der Waals surface area contributed by atoms with Gasteiger partial charge in [0.1, 0.15) is 0 Å². The summed E-state index contributed by atoms with van der Waals surface area (Å²) in [6.07, 6.45) is 2.27. The fraction of sp³-hybridized carbons (Fsp3) is 0.500. The zero-order chi connectivity index (χ0) is 13.3. The minimum absolute atomic E-state index is 0.00662. The number of halogens is 2. The highest BCUT2D eigenvalue weighted by Gasteiger charge is 2.31. The van der Waals surface area contributed by atoms with E-state index in [9.17, 15) is 4.79 Å². The van der Waals surface area contributed by atoms with E-state index in [1.54, 1.807) is 12.1 Å². The van der Waals surface area contributed by atoms with E-state index < -0.39 is 0 Å². The number of carbonyl (C=O) groups is 1. The van der Waals surface area contributed by atoms with Crippen LogP contribution in [0, 0.1) is 15.4 Å². The molecular weight excluding hydrogens is 361 g/mol. The zero-order valence-electron chi connectivity index (χ0n) is 10.5. The summed E-state index contributed by atoms with van der Waals surface area (Å²) in [6.45, 7) is 4.46. The lowest BCUT2D eigenvalue weighted by Crippen LogP contribution is -2.37. The molecule has 2 nitrogen and oxygen atoms in total. The van der Waals surface area contributed by atoms with Crippen LogP contribution in [0.2, 0.25) is 5.02 Å². The van der Waals surface area contributed by atoms with Crippen LogP contribution < -0.4 is 5.32 Å². The van der Waals surface area contributed by atoms with Crippen LogP contribution in [-0.2, 0) is 0 Å². The molecule has 98 valence electrons. The smallest absolute Gasteiger partial charge is 0.252 e. The lowest BCUT2D eigenvalue weighted by atomic mass is 9.97. The van der Waals surface area contributed by atoms with E-state index in [4.69, 9.17) is 11.6 Å². The Bertz CT molecular complexity index is 463. The molecule has 1 saturated carbocycles. The predicted octanol–water partition coefficient (Wildman–Crippen LogP) is 4.11. The van der Waals surface area contributed by atoms with Gasteiger partial charge in [-0.3, -0.25) is 4.79 Å². The monoisotopic (exact) mass is 377 g/mol. The molecule has 1 aliphatic carbocycles. The summed E-state index contributed by atoms with van der Waals surface area (Å²) in [6, 6.07) is 5.71. The van der Waals surface area contributed by atoms with Crippen molar-refractivity contribution in [2.75, 3.05) is 0 Å². The van der Waals surface area contributed by atoms with Gasteiger partial charge in [-0.15, -0.1) is 0 Å². The summed E-state index contributed by atoms with van der Waals surface area (Å²) in [5.74, 6) is 1.23. The van der Waals surface area contributed by atoms with Crippen LogP contribution in [0.5, 0.6) is 0 Å². The van der Waals surface area contributed by atoms with Gasteiger partial charge in [-0.2, -0.15) is 0 Å². The number of amides is 1. The van der Waals surface area contributed by atoms with Gasteiger partial charge in [-0.1, -0.05) is 25.4 Å². The molecule has 0 radical (unpaired) electrons. The Morgan fingerprint density at radius 2 is 2.11 bits per heavy atom. The van der Waals surface area contributed by atoms with Crippen molar-refractivity contribution in [1.82, 2.24) is 5.32 Å². The first kappa shape index (κ1) is 14.1. The van der Waals surface area contributed by atoms with Crippen molar-refractivity contribution in [3.8, 4) is 0 Å². The van der Waals surface area contributed by atoms with Gasteiger partial charge in [0.2, 0.25) is 0 Å². The fourth-order valence-corrected chi connectivity index (χ4v) is 3.24. The minimum Gasteiger partial charge on any atom is -0.349 e. The van der Waals surface area contributed by atoms with Gasteiger partial charge in [0, 0.05) is 14.6 Å². The van der Waals surface area contributed by atoms with Crippen LogP contribution in [0.3, 0.4) is 0 Å². The van der Waals surface area contributed by atoms with Gasteiger partial charge in [-0.25, -0.2) is 0 Å². The number of benzene rings is 1. The quantitative estimate of drug-likeness (QED) is 0.772. The second-order valence-electron chi connectivity index (χ2n) is 5.12.